The number of rotatable bonds is 2. The second-order valence-corrected chi connectivity index (χ2v) is 4.40. The van der Waals surface area contributed by atoms with Gasteiger partial charge in [0.1, 0.15) is 0 Å². The Bertz CT molecular complexity index is 732. The van der Waals surface area contributed by atoms with Gasteiger partial charge in [0.25, 0.3) is 0 Å². The molecule has 0 spiro atoms. The maximum atomic E-state index is 11.1. The molecule has 4 nitrogen and oxygen atoms in total. The summed E-state index contributed by atoms with van der Waals surface area (Å²) in [6.07, 6.45) is 6.93. The first-order valence-electron chi connectivity index (χ1n) is 6.20. The van der Waals surface area contributed by atoms with Crippen molar-refractivity contribution in [2.75, 3.05) is 0 Å². The minimum atomic E-state index is -0.00821. The van der Waals surface area contributed by atoms with Crippen LogP contribution in [-0.2, 0) is 0 Å². The standard InChI is InChI=1S/C16H12N2O2/c19-15-5-9-17(10-6-15)13-1-2-14(4-3-13)18-11-7-16(20)8-12-18/h1-12H. The molecule has 0 aliphatic carbocycles. The molecule has 0 saturated carbocycles. The number of pyridine rings is 2. The number of nitrogens with zero attached hydrogens (tertiary/aromatic N) is 2. The first-order valence-corrected chi connectivity index (χ1v) is 6.20. The molecule has 0 aliphatic rings. The topological polar surface area (TPSA) is 44.0 Å². The van der Waals surface area contributed by atoms with Gasteiger partial charge in [0, 0.05) is 60.4 Å². The van der Waals surface area contributed by atoms with E-state index < -0.39 is 0 Å². The van der Waals surface area contributed by atoms with E-state index in [1.807, 2.05) is 33.4 Å². The molecule has 0 fully saturated rings. The van der Waals surface area contributed by atoms with E-state index in [-0.39, 0.29) is 10.9 Å². The minimum absolute atomic E-state index is 0.00821. The summed E-state index contributed by atoms with van der Waals surface area (Å²) in [7, 11) is 0. The average Bonchev–Trinajstić information content (AvgIpc) is 2.49. The molecule has 0 N–H and O–H groups in total. The van der Waals surface area contributed by atoms with Crippen molar-refractivity contribution >= 4 is 0 Å². The predicted molar refractivity (Wildman–Crippen MR) is 77.6 cm³/mol. The van der Waals surface area contributed by atoms with Crippen molar-refractivity contribution in [3.05, 3.63) is 93.8 Å². The summed E-state index contributed by atoms with van der Waals surface area (Å²) in [4.78, 5) is 22.2. The predicted octanol–water partition coefficient (Wildman–Crippen LogP) is 1.99. The quantitative estimate of drug-likeness (QED) is 0.710. The molecule has 0 atom stereocenters. The van der Waals surface area contributed by atoms with Gasteiger partial charge in [0.05, 0.1) is 0 Å². The average molecular weight is 264 g/mol. The van der Waals surface area contributed by atoms with Crippen molar-refractivity contribution in [2.24, 2.45) is 0 Å². The van der Waals surface area contributed by atoms with Gasteiger partial charge < -0.3 is 9.13 Å². The summed E-state index contributed by atoms with van der Waals surface area (Å²) in [6, 6.07) is 13.9. The van der Waals surface area contributed by atoms with Crippen LogP contribution in [-0.4, -0.2) is 9.13 Å². The van der Waals surface area contributed by atoms with Crippen LogP contribution in [0.15, 0.2) is 82.9 Å². The van der Waals surface area contributed by atoms with Crippen LogP contribution in [0.25, 0.3) is 11.4 Å². The lowest BCUT2D eigenvalue weighted by Crippen LogP contribution is -2.03. The van der Waals surface area contributed by atoms with Gasteiger partial charge in [-0.15, -0.1) is 0 Å². The van der Waals surface area contributed by atoms with E-state index in [0.29, 0.717) is 0 Å². The Kier molecular flexibility index (Phi) is 3.05. The van der Waals surface area contributed by atoms with Crippen molar-refractivity contribution in [3.8, 4) is 11.4 Å². The van der Waals surface area contributed by atoms with Crippen molar-refractivity contribution < 1.29 is 0 Å². The van der Waals surface area contributed by atoms with Gasteiger partial charge in [0.15, 0.2) is 10.9 Å². The van der Waals surface area contributed by atoms with Crippen molar-refractivity contribution in [2.45, 2.75) is 0 Å². The smallest absolute Gasteiger partial charge is 0.181 e. The summed E-state index contributed by atoms with van der Waals surface area (Å²) in [5.41, 5.74) is 1.92. The third-order valence-corrected chi connectivity index (χ3v) is 3.04. The van der Waals surface area contributed by atoms with Crippen molar-refractivity contribution in [1.29, 1.82) is 0 Å². The molecule has 0 radical (unpaired) electrons. The highest BCUT2D eigenvalue weighted by Gasteiger charge is 1.97. The van der Waals surface area contributed by atoms with E-state index in [1.165, 1.54) is 24.3 Å². The number of benzene rings is 1. The van der Waals surface area contributed by atoms with E-state index in [1.54, 1.807) is 24.8 Å². The monoisotopic (exact) mass is 264 g/mol. The van der Waals surface area contributed by atoms with Crippen LogP contribution >= 0.6 is 0 Å². The first-order chi connectivity index (χ1) is 9.72. The van der Waals surface area contributed by atoms with Crippen LogP contribution in [0.2, 0.25) is 0 Å². The number of hydrogen-bond acceptors (Lipinski definition) is 2. The van der Waals surface area contributed by atoms with Gasteiger partial charge in [-0.25, -0.2) is 0 Å². The third kappa shape index (κ3) is 2.44. The number of aromatic nitrogens is 2. The highest BCUT2D eigenvalue weighted by atomic mass is 16.1. The molecule has 2 aromatic heterocycles. The van der Waals surface area contributed by atoms with Gasteiger partial charge in [-0.1, -0.05) is 0 Å². The van der Waals surface area contributed by atoms with E-state index in [4.69, 9.17) is 0 Å². The summed E-state index contributed by atoms with van der Waals surface area (Å²) < 4.78 is 3.74. The molecule has 2 heterocycles. The third-order valence-electron chi connectivity index (χ3n) is 3.04. The van der Waals surface area contributed by atoms with E-state index >= 15 is 0 Å². The lowest BCUT2D eigenvalue weighted by Gasteiger charge is -2.09. The molecular weight excluding hydrogens is 252 g/mol. The molecule has 0 amide bonds. The highest BCUT2D eigenvalue weighted by Crippen LogP contribution is 2.11. The fourth-order valence-electron chi connectivity index (χ4n) is 1.97. The van der Waals surface area contributed by atoms with E-state index in [2.05, 4.69) is 0 Å². The fraction of sp³-hybridized carbons (Fsp3) is 0. The van der Waals surface area contributed by atoms with Crippen LogP contribution in [0.1, 0.15) is 0 Å². The van der Waals surface area contributed by atoms with Gasteiger partial charge in [-0.2, -0.15) is 0 Å². The van der Waals surface area contributed by atoms with Gasteiger partial charge >= 0.3 is 0 Å². The summed E-state index contributed by atoms with van der Waals surface area (Å²) in [5.74, 6) is 0. The van der Waals surface area contributed by atoms with Crippen LogP contribution < -0.4 is 10.9 Å². The maximum absolute atomic E-state index is 11.1. The molecule has 20 heavy (non-hydrogen) atoms. The van der Waals surface area contributed by atoms with Crippen LogP contribution in [0.5, 0.6) is 0 Å². The lowest BCUT2D eigenvalue weighted by molar-refractivity contribution is 1.01. The Morgan fingerprint density at radius 2 is 0.800 bits per heavy atom. The van der Waals surface area contributed by atoms with Crippen molar-refractivity contribution in [3.63, 3.8) is 0 Å². The zero-order chi connectivity index (χ0) is 13.9. The van der Waals surface area contributed by atoms with Crippen LogP contribution in [0, 0.1) is 0 Å². The Labute approximate surface area is 115 Å². The Morgan fingerprint density at radius 3 is 1.10 bits per heavy atom. The molecule has 0 bridgehead atoms. The molecule has 0 aliphatic heterocycles. The second kappa shape index (κ2) is 5.01. The summed E-state index contributed by atoms with van der Waals surface area (Å²) in [5, 5.41) is 0. The molecular formula is C16H12N2O2. The zero-order valence-electron chi connectivity index (χ0n) is 10.6. The van der Waals surface area contributed by atoms with Crippen molar-refractivity contribution in [1.82, 2.24) is 9.13 Å². The molecule has 1 aromatic carbocycles. The second-order valence-electron chi connectivity index (χ2n) is 4.40. The van der Waals surface area contributed by atoms with Gasteiger partial charge in [-0.3, -0.25) is 9.59 Å². The highest BCUT2D eigenvalue weighted by molar-refractivity contribution is 5.41. The van der Waals surface area contributed by atoms with E-state index in [0.717, 1.165) is 11.4 Å². The number of hydrogen-bond donors (Lipinski definition) is 0. The largest absolute Gasteiger partial charge is 0.324 e. The van der Waals surface area contributed by atoms with Crippen LogP contribution in [0.4, 0.5) is 0 Å². The van der Waals surface area contributed by atoms with Gasteiger partial charge in [-0.05, 0) is 24.3 Å². The zero-order valence-corrected chi connectivity index (χ0v) is 10.6. The first kappa shape index (κ1) is 12.2. The minimum Gasteiger partial charge on any atom is -0.324 e. The molecule has 98 valence electrons. The maximum Gasteiger partial charge on any atom is 0.181 e. The molecule has 4 heteroatoms. The van der Waals surface area contributed by atoms with Crippen LogP contribution in [0.3, 0.4) is 0 Å². The molecule has 0 saturated heterocycles. The Hall–Kier alpha value is -2.88. The normalized spacial score (nSPS) is 10.4. The summed E-state index contributed by atoms with van der Waals surface area (Å²) >= 11 is 0. The summed E-state index contributed by atoms with van der Waals surface area (Å²) in [6.45, 7) is 0. The molecule has 3 rings (SSSR count). The SMILES string of the molecule is O=c1ccn(-c2ccc(-n3ccc(=O)cc3)cc2)cc1. The molecule has 0 unspecified atom stereocenters. The lowest BCUT2D eigenvalue weighted by atomic mass is 10.2. The fourth-order valence-corrected chi connectivity index (χ4v) is 1.97. The van der Waals surface area contributed by atoms with Gasteiger partial charge in [0.2, 0.25) is 0 Å². The van der Waals surface area contributed by atoms with E-state index in [9.17, 15) is 9.59 Å². The molecule has 3 aromatic rings. The Balaban J connectivity index is 1.95. The Morgan fingerprint density at radius 1 is 0.500 bits per heavy atom.